The Bertz CT molecular complexity index is 728. The second-order valence-electron chi connectivity index (χ2n) is 6.10. The first-order chi connectivity index (χ1) is 10.9. The van der Waals surface area contributed by atoms with Crippen molar-refractivity contribution in [2.24, 2.45) is 5.92 Å². The number of anilines is 1. The first kappa shape index (κ1) is 16.2. The highest BCUT2D eigenvalue weighted by Crippen LogP contribution is 2.31. The van der Waals surface area contributed by atoms with Gasteiger partial charge < -0.3 is 10.4 Å². The molecule has 1 aliphatic heterocycles. The van der Waals surface area contributed by atoms with Crippen molar-refractivity contribution in [2.75, 3.05) is 24.2 Å². The van der Waals surface area contributed by atoms with E-state index in [1.807, 2.05) is 0 Å². The van der Waals surface area contributed by atoms with Crippen LogP contribution in [-0.4, -0.2) is 47.6 Å². The van der Waals surface area contributed by atoms with E-state index < -0.39 is 16.0 Å². The highest BCUT2D eigenvalue weighted by Gasteiger charge is 2.30. The van der Waals surface area contributed by atoms with Crippen LogP contribution < -0.4 is 5.32 Å². The van der Waals surface area contributed by atoms with E-state index in [0.717, 1.165) is 6.54 Å². The van der Waals surface area contributed by atoms with Gasteiger partial charge in [0.15, 0.2) is 0 Å². The third-order valence-corrected chi connectivity index (χ3v) is 6.29. The number of nitrogens with one attached hydrogen (secondary N) is 1. The molecule has 0 atom stereocenters. The Morgan fingerprint density at radius 2 is 2.22 bits per heavy atom. The first-order valence-electron chi connectivity index (χ1n) is 7.88. The maximum Gasteiger partial charge on any atom is 0.339 e. The van der Waals surface area contributed by atoms with E-state index in [9.17, 15) is 18.3 Å². The predicted octanol–water partition coefficient (Wildman–Crippen LogP) is 1.31. The number of carboxylic acids is 1. The van der Waals surface area contributed by atoms with Crippen LogP contribution in [0.4, 0.5) is 5.82 Å². The van der Waals surface area contributed by atoms with Gasteiger partial charge >= 0.3 is 5.97 Å². The summed E-state index contributed by atoms with van der Waals surface area (Å²) in [6, 6.07) is 0. The van der Waals surface area contributed by atoms with Crippen molar-refractivity contribution in [2.45, 2.75) is 32.7 Å². The molecular weight excluding hydrogens is 318 g/mol. The Balaban J connectivity index is 1.90. The number of aromatic nitrogens is 1. The Morgan fingerprint density at radius 1 is 1.48 bits per heavy atom. The summed E-state index contributed by atoms with van der Waals surface area (Å²) in [6.45, 7) is 2.86. The van der Waals surface area contributed by atoms with Crippen LogP contribution in [0.2, 0.25) is 0 Å². The van der Waals surface area contributed by atoms with Crippen LogP contribution in [0.3, 0.4) is 0 Å². The molecule has 1 aromatic rings. The largest absolute Gasteiger partial charge is 0.478 e. The zero-order valence-electron chi connectivity index (χ0n) is 13.1. The van der Waals surface area contributed by atoms with Crippen molar-refractivity contribution in [1.29, 1.82) is 0 Å². The zero-order valence-corrected chi connectivity index (χ0v) is 13.9. The Kier molecular flexibility index (Phi) is 4.29. The van der Waals surface area contributed by atoms with Crippen LogP contribution >= 0.6 is 0 Å². The number of rotatable bonds is 6. The molecule has 0 spiro atoms. The number of pyridine rings is 1. The second-order valence-corrected chi connectivity index (χ2v) is 8.36. The molecule has 8 heteroatoms. The average Bonchev–Trinajstić information content (AvgIpc) is 3.35. The molecular formula is C15H21N3O4S. The molecule has 0 amide bonds. The molecule has 2 aliphatic rings. The standard InChI is InChI=1S/C15H21N3O4S/c1-2-23(21,22)18-6-5-12-11(9-18)8-17-14(13(12)15(19)20)16-7-10-3-4-10/h8,10H,2-7,9H2,1H3,(H,16,17)(H,19,20). The van der Waals surface area contributed by atoms with E-state index in [4.69, 9.17) is 0 Å². The third-order valence-electron chi connectivity index (χ3n) is 4.46. The Morgan fingerprint density at radius 3 is 2.83 bits per heavy atom. The molecule has 1 aliphatic carbocycles. The van der Waals surface area contributed by atoms with E-state index in [1.54, 1.807) is 13.1 Å². The second kappa shape index (κ2) is 6.09. The molecule has 2 N–H and O–H groups in total. The number of hydrogen-bond donors (Lipinski definition) is 2. The maximum atomic E-state index is 12.0. The van der Waals surface area contributed by atoms with Gasteiger partial charge in [0, 0.05) is 25.8 Å². The van der Waals surface area contributed by atoms with Crippen molar-refractivity contribution in [3.05, 3.63) is 22.9 Å². The first-order valence-corrected chi connectivity index (χ1v) is 9.49. The van der Waals surface area contributed by atoms with E-state index in [2.05, 4.69) is 10.3 Å². The minimum Gasteiger partial charge on any atom is -0.478 e. The molecule has 0 saturated heterocycles. The summed E-state index contributed by atoms with van der Waals surface area (Å²) in [6.07, 6.45) is 4.35. The number of hydrogen-bond acceptors (Lipinski definition) is 5. The van der Waals surface area contributed by atoms with Gasteiger partial charge in [0.05, 0.1) is 5.75 Å². The molecule has 2 heterocycles. The number of carbonyl (C=O) groups is 1. The van der Waals surface area contributed by atoms with Gasteiger partial charge in [-0.1, -0.05) is 0 Å². The summed E-state index contributed by atoms with van der Waals surface area (Å²) in [5, 5.41) is 12.7. The van der Waals surface area contributed by atoms with Crippen molar-refractivity contribution < 1.29 is 18.3 Å². The van der Waals surface area contributed by atoms with Gasteiger partial charge in [0.25, 0.3) is 0 Å². The minimum atomic E-state index is -3.28. The molecule has 0 aromatic carbocycles. The molecule has 1 saturated carbocycles. The Labute approximate surface area is 135 Å². The van der Waals surface area contributed by atoms with Gasteiger partial charge in [0.1, 0.15) is 11.4 Å². The van der Waals surface area contributed by atoms with Crippen LogP contribution in [0.1, 0.15) is 41.3 Å². The van der Waals surface area contributed by atoms with Crippen molar-refractivity contribution in [1.82, 2.24) is 9.29 Å². The van der Waals surface area contributed by atoms with E-state index in [0.29, 0.717) is 35.8 Å². The SMILES string of the molecule is CCS(=O)(=O)N1CCc2c(cnc(NCC3CC3)c2C(=O)O)C1. The summed E-state index contributed by atoms with van der Waals surface area (Å²) >= 11 is 0. The molecule has 0 unspecified atom stereocenters. The fraction of sp³-hybridized carbons (Fsp3) is 0.600. The lowest BCUT2D eigenvalue weighted by molar-refractivity contribution is 0.0695. The molecule has 1 fully saturated rings. The molecule has 1 aromatic heterocycles. The van der Waals surface area contributed by atoms with Crippen molar-refractivity contribution in [3.8, 4) is 0 Å². The smallest absolute Gasteiger partial charge is 0.339 e. The number of aromatic carboxylic acids is 1. The van der Waals surface area contributed by atoms with Crippen molar-refractivity contribution >= 4 is 21.8 Å². The summed E-state index contributed by atoms with van der Waals surface area (Å²) in [5.41, 5.74) is 1.58. The topological polar surface area (TPSA) is 99.6 Å². The maximum absolute atomic E-state index is 12.0. The van der Waals surface area contributed by atoms with E-state index in [1.165, 1.54) is 17.1 Å². The van der Waals surface area contributed by atoms with Gasteiger partial charge in [-0.25, -0.2) is 18.2 Å². The van der Waals surface area contributed by atoms with Crippen LogP contribution in [-0.2, 0) is 23.0 Å². The summed E-state index contributed by atoms with van der Waals surface area (Å²) < 4.78 is 25.4. The van der Waals surface area contributed by atoms with E-state index >= 15 is 0 Å². The number of carboxylic acid groups (broad SMARTS) is 1. The zero-order chi connectivity index (χ0) is 16.6. The highest BCUT2D eigenvalue weighted by molar-refractivity contribution is 7.89. The fourth-order valence-corrected chi connectivity index (χ4v) is 3.93. The van der Waals surface area contributed by atoms with Crippen LogP contribution in [0, 0.1) is 5.92 Å². The molecule has 7 nitrogen and oxygen atoms in total. The van der Waals surface area contributed by atoms with Gasteiger partial charge in [-0.3, -0.25) is 0 Å². The van der Waals surface area contributed by atoms with Gasteiger partial charge in [-0.05, 0) is 43.2 Å². The number of fused-ring (bicyclic) bond motifs is 1. The van der Waals surface area contributed by atoms with Crippen molar-refractivity contribution in [3.63, 3.8) is 0 Å². The summed E-state index contributed by atoms with van der Waals surface area (Å²) in [7, 11) is -3.28. The molecule has 3 rings (SSSR count). The summed E-state index contributed by atoms with van der Waals surface area (Å²) in [5.74, 6) is 0.0387. The van der Waals surface area contributed by atoms with E-state index in [-0.39, 0.29) is 17.9 Å². The van der Waals surface area contributed by atoms with Gasteiger partial charge in [0.2, 0.25) is 10.0 Å². The molecule has 0 bridgehead atoms. The highest BCUT2D eigenvalue weighted by atomic mass is 32.2. The van der Waals surface area contributed by atoms with Crippen LogP contribution in [0.5, 0.6) is 0 Å². The van der Waals surface area contributed by atoms with Gasteiger partial charge in [-0.15, -0.1) is 0 Å². The lowest BCUT2D eigenvalue weighted by Gasteiger charge is -2.29. The average molecular weight is 339 g/mol. The lowest BCUT2D eigenvalue weighted by Crippen LogP contribution is -2.37. The molecule has 126 valence electrons. The Hall–Kier alpha value is -1.67. The fourth-order valence-electron chi connectivity index (χ4n) is 2.86. The van der Waals surface area contributed by atoms with Crippen LogP contribution in [0.15, 0.2) is 6.20 Å². The normalized spacial score (nSPS) is 18.5. The van der Waals surface area contributed by atoms with Gasteiger partial charge in [-0.2, -0.15) is 4.31 Å². The quantitative estimate of drug-likeness (QED) is 0.810. The third kappa shape index (κ3) is 3.32. The number of nitrogens with zero attached hydrogens (tertiary/aromatic N) is 2. The van der Waals surface area contributed by atoms with Crippen LogP contribution in [0.25, 0.3) is 0 Å². The lowest BCUT2D eigenvalue weighted by atomic mass is 9.97. The monoisotopic (exact) mass is 339 g/mol. The predicted molar refractivity (Wildman–Crippen MR) is 86.0 cm³/mol. The minimum absolute atomic E-state index is 0.0442. The summed E-state index contributed by atoms with van der Waals surface area (Å²) in [4.78, 5) is 15.9. The molecule has 23 heavy (non-hydrogen) atoms. The molecule has 0 radical (unpaired) electrons. The number of sulfonamides is 1.